The first kappa shape index (κ1) is 77.5. The second kappa shape index (κ2) is 38.2. The van der Waals surface area contributed by atoms with Gasteiger partial charge in [-0.2, -0.15) is 0 Å². The number of amides is 13. The molecule has 3 aliphatic heterocycles. The summed E-state index contributed by atoms with van der Waals surface area (Å²) in [5.41, 5.74) is 11.7. The molecule has 17 N–H and O–H groups in total. The van der Waals surface area contributed by atoms with E-state index < -0.39 is 205 Å². The van der Waals surface area contributed by atoms with Crippen molar-refractivity contribution in [2.24, 2.45) is 29.2 Å². The Morgan fingerprint density at radius 3 is 1.68 bits per heavy atom. The van der Waals surface area contributed by atoms with Gasteiger partial charge in [0.2, 0.25) is 76.8 Å². The molecule has 0 aromatic rings. The van der Waals surface area contributed by atoms with Gasteiger partial charge < -0.3 is 89.8 Å². The molecule has 0 aromatic carbocycles. The highest BCUT2D eigenvalue weighted by Crippen LogP contribution is 2.24. The van der Waals surface area contributed by atoms with E-state index >= 15 is 4.79 Å². The smallest absolute Gasteiger partial charge is 0.308 e. The monoisotopic (exact) mass is 1300 g/mol. The molecule has 3 heterocycles. The molecule has 3 fully saturated rings. The van der Waals surface area contributed by atoms with Crippen molar-refractivity contribution in [3.8, 4) is 0 Å². The van der Waals surface area contributed by atoms with Gasteiger partial charge in [0.1, 0.15) is 54.4 Å². The van der Waals surface area contributed by atoms with Gasteiger partial charge in [-0.25, -0.2) is 0 Å². The number of piperidine rings is 1. The number of aliphatic carboxylic acids is 3. The molecule has 33 nitrogen and oxygen atoms in total. The van der Waals surface area contributed by atoms with Gasteiger partial charge in [0.05, 0.1) is 44.3 Å². The van der Waals surface area contributed by atoms with E-state index in [0.29, 0.717) is 12.3 Å². The van der Waals surface area contributed by atoms with Gasteiger partial charge in [-0.3, -0.25) is 76.7 Å². The Bertz CT molecular complexity index is 2720. The number of rotatable bonds is 23. The van der Waals surface area contributed by atoms with Crippen molar-refractivity contribution in [2.45, 2.75) is 218 Å². The first-order chi connectivity index (χ1) is 43.2. The van der Waals surface area contributed by atoms with Crippen LogP contribution in [0.1, 0.15) is 151 Å². The summed E-state index contributed by atoms with van der Waals surface area (Å²) in [7, 11) is 0. The molecule has 12 unspecified atom stereocenters. The third-order valence-corrected chi connectivity index (χ3v) is 15.8. The summed E-state index contributed by atoms with van der Waals surface area (Å²) in [6.07, 6.45) is 7.71. The van der Waals surface area contributed by atoms with Crippen molar-refractivity contribution < 1.29 is 92.0 Å². The molecule has 514 valence electrons. The van der Waals surface area contributed by atoms with Crippen molar-refractivity contribution in [3.63, 3.8) is 0 Å². The maximum Gasteiger partial charge on any atom is 0.308 e. The first-order valence-corrected chi connectivity index (χ1v) is 31.2. The summed E-state index contributed by atoms with van der Waals surface area (Å²) in [4.78, 5) is 219. The van der Waals surface area contributed by atoms with E-state index in [2.05, 4.69) is 56.4 Å². The Morgan fingerprint density at radius 1 is 0.598 bits per heavy atom. The second-order valence-electron chi connectivity index (χ2n) is 24.3. The highest BCUT2D eigenvalue weighted by Gasteiger charge is 2.45. The van der Waals surface area contributed by atoms with Crippen LogP contribution in [0.3, 0.4) is 0 Å². The average molecular weight is 1300 g/mol. The minimum absolute atomic E-state index is 0.0284. The highest BCUT2D eigenvalue weighted by molar-refractivity contribution is 6.01. The summed E-state index contributed by atoms with van der Waals surface area (Å²) < 4.78 is 0. The van der Waals surface area contributed by atoms with E-state index in [9.17, 15) is 87.2 Å². The van der Waals surface area contributed by atoms with Crippen molar-refractivity contribution >= 4 is 94.7 Å². The Morgan fingerprint density at radius 2 is 1.12 bits per heavy atom. The van der Waals surface area contributed by atoms with E-state index in [1.807, 2.05) is 16.7 Å². The highest BCUT2D eigenvalue weighted by atomic mass is 16.4. The number of nitrogens with zero attached hydrogens (tertiary/aromatic N) is 2. The van der Waals surface area contributed by atoms with Gasteiger partial charge in [-0.15, -0.1) is 0 Å². The fourth-order valence-corrected chi connectivity index (χ4v) is 10.6. The Kier molecular flexibility index (Phi) is 32.1. The molecule has 0 spiro atoms. The molecule has 3 aliphatic rings. The fraction of sp³-hybridized carbons (Fsp3) is 0.695. The van der Waals surface area contributed by atoms with E-state index in [-0.39, 0.29) is 51.6 Å². The molecule has 3 saturated heterocycles. The molecule has 13 amide bonds. The number of carbonyl (C=O) groups excluding carboxylic acids is 13. The van der Waals surface area contributed by atoms with Gasteiger partial charge in [0, 0.05) is 25.6 Å². The SMILES string of the molecule is CC(C)CCCCCCCC=CCC(=O)NC(CC(N)=O)C(=O)NC1C(=O)N2CCCCC2C(=O)NC(C(C)C(=O)O)C(=O)NC(CC(=O)O)C(=O)NCC(=O)NC(CC(=O)O)C(=O)NCC(=O)NC(C(C)N)C(=O)NC(C(C)C)C(=O)N2CCCC2C(=O)NC1C. The summed E-state index contributed by atoms with van der Waals surface area (Å²) in [6.45, 7) is 8.81. The lowest BCUT2D eigenvalue weighted by Gasteiger charge is -2.39. The van der Waals surface area contributed by atoms with E-state index in [1.54, 1.807) is 19.9 Å². The predicted octanol–water partition coefficient (Wildman–Crippen LogP) is -3.62. The van der Waals surface area contributed by atoms with Gasteiger partial charge in [-0.1, -0.05) is 72.0 Å². The number of fused-ring (bicyclic) bond motifs is 2. The van der Waals surface area contributed by atoms with Gasteiger partial charge in [0.25, 0.3) is 0 Å². The summed E-state index contributed by atoms with van der Waals surface area (Å²) >= 11 is 0. The van der Waals surface area contributed by atoms with Crippen LogP contribution in [0.15, 0.2) is 12.2 Å². The number of carboxylic acid groups (broad SMARTS) is 3. The van der Waals surface area contributed by atoms with Crippen molar-refractivity contribution in [3.05, 3.63) is 12.2 Å². The normalized spacial score (nSPS) is 25.2. The van der Waals surface area contributed by atoms with Crippen LogP contribution < -0.4 is 64.6 Å². The molecule has 0 radical (unpaired) electrons. The topological polar surface area (TPSA) is 513 Å². The summed E-state index contributed by atoms with van der Waals surface area (Å²) in [5, 5.41) is 52.6. The quantitative estimate of drug-likeness (QED) is 0.0347. The van der Waals surface area contributed by atoms with Crippen molar-refractivity contribution in [2.75, 3.05) is 26.2 Å². The number of carbonyl (C=O) groups is 16. The lowest BCUT2D eigenvalue weighted by Crippen LogP contribution is -2.66. The standard InChI is InChI=1S/C59H94N14O19/c1-30(2)19-14-12-10-8-9-11-13-15-22-41(75)65-35(25-40(61)74)52(84)71-49-34(7)64-53(85)39-21-18-24-73(39)57(89)46(31(3)4)69-56(88)48(33(6)60)68-43(77)29-63-50(82)36(26-44(78)79)66-42(76)28-62-51(83)37(27-45(80)81)67-55(87)47(32(5)59(91)92)70-54(86)38-20-16-17-23-72(38)58(49)90/h13,15,30-39,46-49H,8-12,14,16-29,60H2,1-7H3,(H2,61,74)(H,62,83)(H,63,82)(H,64,85)(H,65,75)(H,66,76)(H,67,87)(H,68,77)(H,69,88)(H,70,86)(H,71,84)(H,78,79)(H,80,81)(H,91,92). The van der Waals surface area contributed by atoms with Crippen LogP contribution in [0, 0.1) is 17.8 Å². The number of hydrogen-bond donors (Lipinski definition) is 15. The Labute approximate surface area is 533 Å². The molecular weight excluding hydrogens is 1210 g/mol. The Hall–Kier alpha value is -8.78. The van der Waals surface area contributed by atoms with E-state index in [1.165, 1.54) is 18.7 Å². The number of nitrogens with two attached hydrogens (primary N) is 2. The van der Waals surface area contributed by atoms with Crippen molar-refractivity contribution in [1.29, 1.82) is 0 Å². The van der Waals surface area contributed by atoms with Crippen LogP contribution in [-0.2, 0) is 76.7 Å². The molecule has 33 heteroatoms. The predicted molar refractivity (Wildman–Crippen MR) is 326 cm³/mol. The van der Waals surface area contributed by atoms with Gasteiger partial charge in [-0.05, 0) is 77.6 Å². The van der Waals surface area contributed by atoms with Crippen LogP contribution in [0.5, 0.6) is 0 Å². The minimum Gasteiger partial charge on any atom is -0.481 e. The zero-order chi connectivity index (χ0) is 69.1. The molecule has 0 aromatic heterocycles. The molecular formula is C59H94N14O19. The third-order valence-electron chi connectivity index (χ3n) is 15.8. The number of nitrogens with one attached hydrogen (secondary N) is 10. The number of allylic oxidation sites excluding steroid dienone is 1. The third kappa shape index (κ3) is 25.5. The van der Waals surface area contributed by atoms with E-state index in [4.69, 9.17) is 11.5 Å². The number of unbranched alkanes of at least 4 members (excludes halogenated alkanes) is 5. The van der Waals surface area contributed by atoms with Crippen LogP contribution in [0.4, 0.5) is 0 Å². The van der Waals surface area contributed by atoms with Crippen LogP contribution in [0.2, 0.25) is 0 Å². The number of carboxylic acids is 3. The zero-order valence-electron chi connectivity index (χ0n) is 53.3. The van der Waals surface area contributed by atoms with Gasteiger partial charge in [0.15, 0.2) is 0 Å². The molecule has 0 aliphatic carbocycles. The average Bonchev–Trinajstić information content (AvgIpc) is 1.26. The van der Waals surface area contributed by atoms with Crippen LogP contribution >= 0.6 is 0 Å². The number of primary amides is 1. The lowest BCUT2D eigenvalue weighted by atomic mass is 9.96. The minimum atomic E-state index is -2.13. The maximum atomic E-state index is 15.2. The van der Waals surface area contributed by atoms with E-state index in [0.717, 1.165) is 50.3 Å². The summed E-state index contributed by atoms with van der Waals surface area (Å²) in [5.74, 6) is -21.1. The lowest BCUT2D eigenvalue weighted by molar-refractivity contribution is -0.149. The number of hydrogen-bond acceptors (Lipinski definition) is 17. The second-order valence-corrected chi connectivity index (χ2v) is 24.3. The fourth-order valence-electron chi connectivity index (χ4n) is 10.6. The summed E-state index contributed by atoms with van der Waals surface area (Å²) in [6, 6.07) is -18.3. The first-order valence-electron chi connectivity index (χ1n) is 31.2. The maximum absolute atomic E-state index is 15.2. The molecule has 12 atom stereocenters. The van der Waals surface area contributed by atoms with Gasteiger partial charge >= 0.3 is 17.9 Å². The Balaban J connectivity index is 2.16. The molecule has 0 bridgehead atoms. The zero-order valence-corrected chi connectivity index (χ0v) is 53.3. The largest absolute Gasteiger partial charge is 0.481 e. The molecule has 3 rings (SSSR count). The van der Waals surface area contributed by atoms with Crippen LogP contribution in [0.25, 0.3) is 0 Å². The molecule has 0 saturated carbocycles. The molecule has 92 heavy (non-hydrogen) atoms. The van der Waals surface area contributed by atoms with Crippen LogP contribution in [-0.4, -0.2) is 212 Å². The van der Waals surface area contributed by atoms with Crippen molar-refractivity contribution in [1.82, 2.24) is 63.0 Å².